The first kappa shape index (κ1) is 29.1. The molecule has 0 aromatic heterocycles. The summed E-state index contributed by atoms with van der Waals surface area (Å²) in [6, 6.07) is 20.3. The van der Waals surface area contributed by atoms with Crippen LogP contribution in [-0.4, -0.2) is 55.2 Å². The summed E-state index contributed by atoms with van der Waals surface area (Å²) in [7, 11) is 0. The van der Waals surface area contributed by atoms with Gasteiger partial charge in [-0.1, -0.05) is 0 Å². The molecule has 8 heteroatoms. The molecule has 2 unspecified atom stereocenters. The molecule has 2 aliphatic heterocycles. The molecule has 2 aliphatic rings. The van der Waals surface area contributed by atoms with Crippen LogP contribution in [0, 0.1) is 29.4 Å². The minimum atomic E-state index is -0.662. The maximum Gasteiger partial charge on any atom is 0.123 e. The van der Waals surface area contributed by atoms with Crippen LogP contribution in [0.15, 0.2) is 72.8 Å². The number of rotatable bonds is 10. The molecule has 0 amide bonds. The smallest absolute Gasteiger partial charge is 0.123 e. The molecule has 3 aromatic carbocycles. The van der Waals surface area contributed by atoms with Gasteiger partial charge in [-0.15, -0.1) is 0 Å². The molecule has 2 fully saturated rings. The number of aliphatic hydroxyl groups is 2. The molecule has 41 heavy (non-hydrogen) atoms. The summed E-state index contributed by atoms with van der Waals surface area (Å²) in [4.78, 5) is 4.45. The highest BCUT2D eigenvalue weighted by Crippen LogP contribution is 2.35. The van der Waals surface area contributed by atoms with Crippen LogP contribution in [-0.2, 0) is 0 Å². The van der Waals surface area contributed by atoms with E-state index in [1.807, 2.05) is 12.1 Å². The first-order chi connectivity index (χ1) is 19.9. The Hall–Kier alpha value is -3.36. The van der Waals surface area contributed by atoms with Crippen molar-refractivity contribution in [1.82, 2.24) is 0 Å². The molecule has 2 atom stereocenters. The third-order valence-corrected chi connectivity index (χ3v) is 8.91. The molecular formula is C33H41F2N3O3. The highest BCUT2D eigenvalue weighted by Gasteiger charge is 2.38. The minimum Gasteiger partial charge on any atom is -0.494 e. The number of benzene rings is 3. The molecule has 5 rings (SSSR count). The predicted octanol–water partition coefficient (Wildman–Crippen LogP) is 5.49. The van der Waals surface area contributed by atoms with Crippen LogP contribution in [0.2, 0.25) is 0 Å². The van der Waals surface area contributed by atoms with E-state index < -0.39 is 12.2 Å². The van der Waals surface area contributed by atoms with Gasteiger partial charge in [0.1, 0.15) is 17.4 Å². The Balaban J connectivity index is 1.22. The summed E-state index contributed by atoms with van der Waals surface area (Å²) < 4.78 is 32.7. The zero-order chi connectivity index (χ0) is 28.8. The van der Waals surface area contributed by atoms with Crippen molar-refractivity contribution in [2.24, 2.45) is 17.8 Å². The van der Waals surface area contributed by atoms with E-state index >= 15 is 0 Å². The van der Waals surface area contributed by atoms with E-state index in [2.05, 4.69) is 9.80 Å². The lowest BCUT2D eigenvalue weighted by molar-refractivity contribution is -0.0583. The van der Waals surface area contributed by atoms with Gasteiger partial charge in [0.15, 0.2) is 0 Å². The van der Waals surface area contributed by atoms with Crippen LogP contribution in [0.1, 0.15) is 32.1 Å². The Labute approximate surface area is 241 Å². The Kier molecular flexibility index (Phi) is 9.62. The lowest BCUT2D eigenvalue weighted by Crippen LogP contribution is -2.47. The quantitative estimate of drug-likeness (QED) is 0.282. The number of ether oxygens (including phenoxy) is 1. The molecule has 3 aromatic rings. The van der Waals surface area contributed by atoms with E-state index in [4.69, 9.17) is 10.5 Å². The number of nitrogens with two attached hydrogens (primary N) is 1. The van der Waals surface area contributed by atoms with Crippen LogP contribution in [0.5, 0.6) is 5.75 Å². The molecule has 0 bridgehead atoms. The number of aliphatic hydroxyl groups excluding tert-OH is 2. The summed E-state index contributed by atoms with van der Waals surface area (Å²) in [5.74, 6) is 0.00108. The highest BCUT2D eigenvalue weighted by atomic mass is 19.1. The van der Waals surface area contributed by atoms with Gasteiger partial charge in [0, 0.05) is 49.2 Å². The maximum atomic E-state index is 13.4. The average molecular weight is 566 g/mol. The van der Waals surface area contributed by atoms with Gasteiger partial charge in [-0.2, -0.15) is 0 Å². The van der Waals surface area contributed by atoms with Gasteiger partial charge in [0.2, 0.25) is 0 Å². The number of piperidine rings is 2. The number of anilines is 3. The second-order valence-corrected chi connectivity index (χ2v) is 11.5. The zero-order valence-electron chi connectivity index (χ0n) is 23.4. The normalized spacial score (nSPS) is 19.1. The summed E-state index contributed by atoms with van der Waals surface area (Å²) >= 11 is 0. The van der Waals surface area contributed by atoms with Crippen LogP contribution in [0.3, 0.4) is 0 Å². The van der Waals surface area contributed by atoms with Gasteiger partial charge in [-0.25, -0.2) is 8.78 Å². The Morgan fingerprint density at radius 3 is 1.51 bits per heavy atom. The topological polar surface area (TPSA) is 82.2 Å². The second kappa shape index (κ2) is 13.5. The van der Waals surface area contributed by atoms with Crippen LogP contribution in [0.25, 0.3) is 0 Å². The number of hydrogen-bond donors (Lipinski definition) is 3. The molecule has 0 saturated carbocycles. The summed E-state index contributed by atoms with van der Waals surface area (Å²) in [6.07, 6.45) is 2.39. The largest absolute Gasteiger partial charge is 0.494 e. The first-order valence-electron chi connectivity index (χ1n) is 14.7. The van der Waals surface area contributed by atoms with E-state index in [1.165, 1.54) is 24.3 Å². The monoisotopic (exact) mass is 565 g/mol. The van der Waals surface area contributed by atoms with Crippen molar-refractivity contribution in [2.45, 2.75) is 44.3 Å². The van der Waals surface area contributed by atoms with Crippen molar-refractivity contribution in [2.75, 3.05) is 48.3 Å². The minimum absolute atomic E-state index is 0.0576. The van der Waals surface area contributed by atoms with Crippen molar-refractivity contribution in [3.05, 3.63) is 84.4 Å². The fourth-order valence-corrected chi connectivity index (χ4v) is 6.42. The third-order valence-electron chi connectivity index (χ3n) is 8.91. The van der Waals surface area contributed by atoms with E-state index in [0.29, 0.717) is 24.5 Å². The number of hydrogen-bond acceptors (Lipinski definition) is 6. The van der Waals surface area contributed by atoms with Crippen molar-refractivity contribution in [3.63, 3.8) is 0 Å². The van der Waals surface area contributed by atoms with Gasteiger partial charge in [-0.05, 0) is 117 Å². The third kappa shape index (κ3) is 7.49. The van der Waals surface area contributed by atoms with E-state index in [1.54, 1.807) is 36.4 Å². The van der Waals surface area contributed by atoms with E-state index in [9.17, 15) is 19.0 Å². The number of halogens is 2. The van der Waals surface area contributed by atoms with Gasteiger partial charge in [0.25, 0.3) is 0 Å². The van der Waals surface area contributed by atoms with Crippen molar-refractivity contribution >= 4 is 17.1 Å². The zero-order valence-corrected chi connectivity index (χ0v) is 23.4. The molecule has 2 saturated heterocycles. The van der Waals surface area contributed by atoms with Gasteiger partial charge < -0.3 is 30.5 Å². The van der Waals surface area contributed by atoms with Crippen LogP contribution in [0.4, 0.5) is 25.8 Å². The molecule has 4 N–H and O–H groups in total. The van der Waals surface area contributed by atoms with Crippen molar-refractivity contribution in [3.8, 4) is 5.75 Å². The summed E-state index contributed by atoms with van der Waals surface area (Å²) in [5, 5.41) is 23.3. The number of nitrogen functional groups attached to an aromatic ring is 1. The fourth-order valence-electron chi connectivity index (χ4n) is 6.42. The lowest BCUT2D eigenvalue weighted by Gasteiger charge is -2.42. The maximum absolute atomic E-state index is 13.4. The first-order valence-corrected chi connectivity index (χ1v) is 14.7. The molecule has 0 aliphatic carbocycles. The summed E-state index contributed by atoms with van der Waals surface area (Å²) in [6.45, 7) is 3.47. The Morgan fingerprint density at radius 1 is 0.683 bits per heavy atom. The standard InChI is InChI=1S/C33H41F2N3O3/c34-25-1-7-28(8-2-25)37-18-13-23(14-19-37)32(39)31(17-22-41-30-11-5-27(36)6-12-30)33(40)24-15-20-38(21-16-24)29-9-3-26(35)4-10-29/h1-12,23-24,31-33,39-40H,13-22,36H2. The highest BCUT2D eigenvalue weighted by molar-refractivity contribution is 5.47. The molecule has 2 heterocycles. The van der Waals surface area contributed by atoms with E-state index in [0.717, 1.165) is 63.2 Å². The lowest BCUT2D eigenvalue weighted by atomic mass is 9.75. The second-order valence-electron chi connectivity index (χ2n) is 11.5. The number of nitrogens with zero attached hydrogens (tertiary/aromatic N) is 2. The predicted molar refractivity (Wildman–Crippen MR) is 159 cm³/mol. The van der Waals surface area contributed by atoms with Crippen molar-refractivity contribution < 1.29 is 23.7 Å². The van der Waals surface area contributed by atoms with E-state index in [-0.39, 0.29) is 29.4 Å². The molecule has 0 spiro atoms. The molecular weight excluding hydrogens is 524 g/mol. The molecule has 0 radical (unpaired) electrons. The molecule has 220 valence electrons. The Morgan fingerprint density at radius 2 is 1.10 bits per heavy atom. The van der Waals surface area contributed by atoms with Crippen LogP contribution < -0.4 is 20.3 Å². The summed E-state index contributed by atoms with van der Waals surface area (Å²) in [5.41, 5.74) is 8.43. The molecule has 6 nitrogen and oxygen atoms in total. The average Bonchev–Trinajstić information content (AvgIpc) is 3.01. The fraction of sp³-hybridized carbons (Fsp3) is 0.455. The van der Waals surface area contributed by atoms with Crippen molar-refractivity contribution in [1.29, 1.82) is 0 Å². The van der Waals surface area contributed by atoms with Gasteiger partial charge >= 0.3 is 0 Å². The van der Waals surface area contributed by atoms with Gasteiger partial charge in [-0.3, -0.25) is 0 Å². The Bertz CT molecular complexity index is 1140. The SMILES string of the molecule is Nc1ccc(OCCC(C(O)C2CCN(c3ccc(F)cc3)CC2)C(O)C2CCN(c3ccc(F)cc3)CC2)cc1. The van der Waals surface area contributed by atoms with Crippen LogP contribution >= 0.6 is 0 Å². The van der Waals surface area contributed by atoms with Gasteiger partial charge in [0.05, 0.1) is 18.8 Å².